The number of rotatable bonds is 4. The van der Waals surface area contributed by atoms with Crippen LogP contribution in [0.3, 0.4) is 0 Å². The second kappa shape index (κ2) is 6.47. The molecule has 2 atom stereocenters. The van der Waals surface area contributed by atoms with Gasteiger partial charge in [0, 0.05) is 12.0 Å². The Hall–Kier alpha value is -2.24. The van der Waals surface area contributed by atoms with Crippen LogP contribution in [0.5, 0.6) is 5.75 Å². The number of para-hydroxylation sites is 1. The van der Waals surface area contributed by atoms with Gasteiger partial charge in [-0.05, 0) is 12.0 Å². The molecule has 0 aromatic heterocycles. The average molecular weight is 292 g/mol. The summed E-state index contributed by atoms with van der Waals surface area (Å²) in [7, 11) is 0. The topological polar surface area (TPSA) is 87.7 Å². The van der Waals surface area contributed by atoms with Crippen molar-refractivity contribution in [1.82, 2.24) is 10.6 Å². The summed E-state index contributed by atoms with van der Waals surface area (Å²) < 4.78 is 5.53. The molecule has 6 heteroatoms. The number of ether oxygens (including phenoxy) is 1. The molecule has 0 aliphatic carbocycles. The third-order valence-electron chi connectivity index (χ3n) is 3.48. The highest BCUT2D eigenvalue weighted by Crippen LogP contribution is 2.31. The molecule has 3 N–H and O–H groups in total. The minimum atomic E-state index is -1.03. The third kappa shape index (κ3) is 3.65. The van der Waals surface area contributed by atoms with Crippen LogP contribution in [0, 0.1) is 5.92 Å². The third-order valence-corrected chi connectivity index (χ3v) is 3.48. The second-order valence-electron chi connectivity index (χ2n) is 5.41. The van der Waals surface area contributed by atoms with Gasteiger partial charge in [-0.3, -0.25) is 0 Å². The minimum absolute atomic E-state index is 0.170. The lowest BCUT2D eigenvalue weighted by Crippen LogP contribution is -2.49. The number of carboxylic acids is 1. The van der Waals surface area contributed by atoms with Crippen molar-refractivity contribution in [2.75, 3.05) is 6.61 Å². The molecule has 1 aromatic carbocycles. The van der Waals surface area contributed by atoms with E-state index < -0.39 is 18.0 Å². The van der Waals surface area contributed by atoms with Gasteiger partial charge in [-0.1, -0.05) is 32.0 Å². The first-order valence-corrected chi connectivity index (χ1v) is 7.00. The van der Waals surface area contributed by atoms with E-state index in [1.807, 2.05) is 24.3 Å². The number of carbonyl (C=O) groups excluding carboxylic acids is 1. The lowest BCUT2D eigenvalue weighted by atomic mass is 10.0. The first kappa shape index (κ1) is 15.2. The molecule has 21 heavy (non-hydrogen) atoms. The zero-order valence-electron chi connectivity index (χ0n) is 12.1. The zero-order chi connectivity index (χ0) is 15.4. The molecule has 1 aliphatic rings. The van der Waals surface area contributed by atoms with Crippen molar-refractivity contribution in [3.05, 3.63) is 29.8 Å². The Bertz CT molecular complexity index is 530. The highest BCUT2D eigenvalue weighted by molar-refractivity contribution is 5.83. The number of urea groups is 1. The SMILES string of the molecule is CC(C)[C@H](NC(=O)NC1CCOc2ccccc21)C(=O)O. The Balaban J connectivity index is 2.02. The Morgan fingerprint density at radius 2 is 2.05 bits per heavy atom. The number of amides is 2. The highest BCUT2D eigenvalue weighted by atomic mass is 16.5. The molecule has 2 rings (SSSR count). The molecule has 0 bridgehead atoms. The van der Waals surface area contributed by atoms with Gasteiger partial charge in [0.25, 0.3) is 0 Å². The van der Waals surface area contributed by atoms with E-state index in [4.69, 9.17) is 9.84 Å². The van der Waals surface area contributed by atoms with Crippen LogP contribution in [0.25, 0.3) is 0 Å². The van der Waals surface area contributed by atoms with E-state index >= 15 is 0 Å². The Morgan fingerprint density at radius 3 is 2.71 bits per heavy atom. The van der Waals surface area contributed by atoms with E-state index in [2.05, 4.69) is 10.6 Å². The van der Waals surface area contributed by atoms with Crippen LogP contribution in [-0.4, -0.2) is 29.8 Å². The summed E-state index contributed by atoms with van der Waals surface area (Å²) in [6.07, 6.45) is 0.657. The lowest BCUT2D eigenvalue weighted by molar-refractivity contribution is -0.140. The quantitative estimate of drug-likeness (QED) is 0.791. The van der Waals surface area contributed by atoms with E-state index in [1.165, 1.54) is 0 Å². The van der Waals surface area contributed by atoms with Gasteiger partial charge >= 0.3 is 12.0 Å². The summed E-state index contributed by atoms with van der Waals surface area (Å²) in [5, 5.41) is 14.4. The van der Waals surface area contributed by atoms with Crippen LogP contribution in [-0.2, 0) is 4.79 Å². The van der Waals surface area contributed by atoms with E-state index in [-0.39, 0.29) is 12.0 Å². The fourth-order valence-corrected chi connectivity index (χ4v) is 2.35. The Kier molecular flexibility index (Phi) is 4.67. The molecular weight excluding hydrogens is 272 g/mol. The van der Waals surface area contributed by atoms with Crippen molar-refractivity contribution in [1.29, 1.82) is 0 Å². The lowest BCUT2D eigenvalue weighted by Gasteiger charge is -2.27. The van der Waals surface area contributed by atoms with Gasteiger partial charge in [-0.25, -0.2) is 9.59 Å². The van der Waals surface area contributed by atoms with Crippen LogP contribution < -0.4 is 15.4 Å². The van der Waals surface area contributed by atoms with Gasteiger partial charge in [0.1, 0.15) is 11.8 Å². The molecule has 114 valence electrons. The predicted octanol–water partition coefficient (Wildman–Crippen LogP) is 1.92. The number of fused-ring (bicyclic) bond motifs is 1. The van der Waals surface area contributed by atoms with Crippen LogP contribution in [0.15, 0.2) is 24.3 Å². The van der Waals surface area contributed by atoms with Crippen LogP contribution in [0.1, 0.15) is 31.9 Å². The second-order valence-corrected chi connectivity index (χ2v) is 5.41. The normalized spacial score (nSPS) is 18.3. The van der Waals surface area contributed by atoms with E-state index in [1.54, 1.807) is 13.8 Å². The fourth-order valence-electron chi connectivity index (χ4n) is 2.35. The van der Waals surface area contributed by atoms with Gasteiger partial charge in [0.05, 0.1) is 12.6 Å². The van der Waals surface area contributed by atoms with Crippen molar-refractivity contribution in [2.45, 2.75) is 32.4 Å². The highest BCUT2D eigenvalue weighted by Gasteiger charge is 2.26. The smallest absolute Gasteiger partial charge is 0.326 e. The molecule has 0 saturated heterocycles. The summed E-state index contributed by atoms with van der Waals surface area (Å²) in [4.78, 5) is 23.1. The Labute approximate surface area is 123 Å². The van der Waals surface area contributed by atoms with Gasteiger partial charge in [0.15, 0.2) is 0 Å². The molecule has 0 radical (unpaired) electrons. The number of aliphatic carboxylic acids is 1. The number of carboxylic acid groups (broad SMARTS) is 1. The van der Waals surface area contributed by atoms with Crippen molar-refractivity contribution in [3.63, 3.8) is 0 Å². The first-order valence-electron chi connectivity index (χ1n) is 7.00. The number of nitrogens with one attached hydrogen (secondary N) is 2. The van der Waals surface area contributed by atoms with Gasteiger partial charge in [-0.2, -0.15) is 0 Å². The minimum Gasteiger partial charge on any atom is -0.493 e. The molecule has 1 aromatic rings. The molecular formula is C15H20N2O4. The molecule has 0 spiro atoms. The van der Waals surface area contributed by atoms with E-state index in [0.717, 1.165) is 11.3 Å². The van der Waals surface area contributed by atoms with Crippen molar-refractivity contribution in [2.24, 2.45) is 5.92 Å². The molecule has 0 fully saturated rings. The maximum Gasteiger partial charge on any atom is 0.326 e. The first-order chi connectivity index (χ1) is 9.99. The molecule has 1 unspecified atom stereocenters. The maximum absolute atomic E-state index is 12.0. The average Bonchev–Trinajstić information content (AvgIpc) is 2.44. The largest absolute Gasteiger partial charge is 0.493 e. The summed E-state index contributed by atoms with van der Waals surface area (Å²) in [5.74, 6) is -0.463. The molecule has 1 aliphatic heterocycles. The van der Waals surface area contributed by atoms with Gasteiger partial charge < -0.3 is 20.5 Å². The monoisotopic (exact) mass is 292 g/mol. The van der Waals surface area contributed by atoms with E-state index in [9.17, 15) is 9.59 Å². The number of hydrogen-bond acceptors (Lipinski definition) is 3. The standard InChI is InChI=1S/C15H20N2O4/c1-9(2)13(14(18)19)17-15(20)16-11-7-8-21-12-6-4-3-5-10(11)12/h3-6,9,11,13H,7-8H2,1-2H3,(H,18,19)(H2,16,17,20)/t11?,13-/m0/s1. The predicted molar refractivity (Wildman–Crippen MR) is 77.2 cm³/mol. The number of carbonyl (C=O) groups is 2. The van der Waals surface area contributed by atoms with Crippen molar-refractivity contribution in [3.8, 4) is 5.75 Å². The summed E-state index contributed by atoms with van der Waals surface area (Å²) in [6, 6.07) is 5.97. The van der Waals surface area contributed by atoms with Gasteiger partial charge in [0.2, 0.25) is 0 Å². The molecule has 0 saturated carbocycles. The summed E-state index contributed by atoms with van der Waals surface area (Å²) in [5.41, 5.74) is 0.912. The van der Waals surface area contributed by atoms with Crippen LogP contribution >= 0.6 is 0 Å². The summed E-state index contributed by atoms with van der Waals surface area (Å²) >= 11 is 0. The maximum atomic E-state index is 12.0. The zero-order valence-corrected chi connectivity index (χ0v) is 12.1. The van der Waals surface area contributed by atoms with Crippen molar-refractivity contribution < 1.29 is 19.4 Å². The van der Waals surface area contributed by atoms with E-state index in [0.29, 0.717) is 13.0 Å². The van der Waals surface area contributed by atoms with Crippen molar-refractivity contribution >= 4 is 12.0 Å². The molecule has 1 heterocycles. The number of hydrogen-bond donors (Lipinski definition) is 3. The number of benzene rings is 1. The summed E-state index contributed by atoms with van der Waals surface area (Å²) in [6.45, 7) is 4.03. The molecule has 2 amide bonds. The molecule has 6 nitrogen and oxygen atoms in total. The Morgan fingerprint density at radius 1 is 1.33 bits per heavy atom. The fraction of sp³-hybridized carbons (Fsp3) is 0.467. The van der Waals surface area contributed by atoms with Gasteiger partial charge in [-0.15, -0.1) is 0 Å². The van der Waals surface area contributed by atoms with Crippen LogP contribution in [0.2, 0.25) is 0 Å². The van der Waals surface area contributed by atoms with Crippen LogP contribution in [0.4, 0.5) is 4.79 Å².